The number of nitrogens with zero attached hydrogens (tertiary/aromatic N) is 4. The smallest absolute Gasteiger partial charge is 0.167 e. The van der Waals surface area contributed by atoms with Crippen LogP contribution in [0, 0.1) is 0 Å². The van der Waals surface area contributed by atoms with Gasteiger partial charge < -0.3 is 0 Å². The van der Waals surface area contributed by atoms with Gasteiger partial charge in [-0.25, -0.2) is 14.5 Å². The lowest BCUT2D eigenvalue weighted by Crippen LogP contribution is -1.91. The molecule has 3 aromatic heterocycles. The van der Waals surface area contributed by atoms with E-state index in [4.69, 9.17) is 10.1 Å². The van der Waals surface area contributed by atoms with Crippen LogP contribution < -0.4 is 0 Å². The molecule has 4 nitrogen and oxygen atoms in total. The largest absolute Gasteiger partial charge is 0.225 e. The van der Waals surface area contributed by atoms with Crippen molar-refractivity contribution in [3.63, 3.8) is 0 Å². The SMILES string of the molecule is c1ccc([C@@H]2C[C@H]2c2nc3c4c5c(sc4ncn3n2)CCC5)cc1. The summed E-state index contributed by atoms with van der Waals surface area (Å²) < 4.78 is 1.89. The zero-order valence-corrected chi connectivity index (χ0v) is 14.0. The predicted molar refractivity (Wildman–Crippen MR) is 94.7 cm³/mol. The predicted octanol–water partition coefficient (Wildman–Crippen LogP) is 4.10. The van der Waals surface area contributed by atoms with Crippen molar-refractivity contribution in [3.8, 4) is 0 Å². The van der Waals surface area contributed by atoms with Gasteiger partial charge >= 0.3 is 0 Å². The maximum Gasteiger partial charge on any atom is 0.167 e. The number of thiophene rings is 1. The first-order valence-electron chi connectivity index (χ1n) is 8.59. The molecule has 0 bridgehead atoms. The van der Waals surface area contributed by atoms with Crippen LogP contribution in [0.5, 0.6) is 0 Å². The summed E-state index contributed by atoms with van der Waals surface area (Å²) in [5.41, 5.74) is 3.89. The fourth-order valence-corrected chi connectivity index (χ4v) is 5.34. The number of aromatic nitrogens is 4. The molecule has 0 N–H and O–H groups in total. The highest BCUT2D eigenvalue weighted by atomic mass is 32.1. The number of fused-ring (bicyclic) bond motifs is 5. The molecular weight excluding hydrogens is 316 g/mol. The summed E-state index contributed by atoms with van der Waals surface area (Å²) in [7, 11) is 0. The van der Waals surface area contributed by atoms with Gasteiger partial charge in [-0.3, -0.25) is 0 Å². The molecule has 0 amide bonds. The maximum atomic E-state index is 4.95. The molecule has 118 valence electrons. The van der Waals surface area contributed by atoms with E-state index < -0.39 is 0 Å². The fourth-order valence-electron chi connectivity index (χ4n) is 4.12. The Kier molecular flexibility index (Phi) is 2.52. The highest BCUT2D eigenvalue weighted by molar-refractivity contribution is 7.19. The minimum absolute atomic E-state index is 0.453. The summed E-state index contributed by atoms with van der Waals surface area (Å²) in [6.45, 7) is 0. The average Bonchev–Trinajstić information content (AvgIpc) is 2.93. The standard InChI is InChI=1S/C19H16N4S/c1-2-5-11(6-3-1)13-9-14(13)17-21-18-16-12-7-4-8-15(12)24-19(16)20-10-23(18)22-17/h1-3,5-6,10,13-14H,4,7-9H2/t13-,14+/m0/s1. The first kappa shape index (κ1) is 13.1. The molecule has 1 aromatic carbocycles. The Morgan fingerprint density at radius 1 is 1.08 bits per heavy atom. The molecule has 4 aromatic rings. The van der Waals surface area contributed by atoms with Crippen LogP contribution in [0.2, 0.25) is 0 Å². The zero-order valence-electron chi connectivity index (χ0n) is 13.1. The number of aryl methyl sites for hydroxylation is 2. The first-order chi connectivity index (χ1) is 11.9. The van der Waals surface area contributed by atoms with E-state index >= 15 is 0 Å². The second-order valence-electron chi connectivity index (χ2n) is 6.88. The van der Waals surface area contributed by atoms with Crippen molar-refractivity contribution in [2.45, 2.75) is 37.5 Å². The quantitative estimate of drug-likeness (QED) is 0.555. The second-order valence-corrected chi connectivity index (χ2v) is 7.96. The zero-order chi connectivity index (χ0) is 15.7. The van der Waals surface area contributed by atoms with Crippen LogP contribution >= 0.6 is 11.3 Å². The minimum Gasteiger partial charge on any atom is -0.225 e. The number of hydrogen-bond donors (Lipinski definition) is 0. The van der Waals surface area contributed by atoms with E-state index in [9.17, 15) is 0 Å². The van der Waals surface area contributed by atoms with Gasteiger partial charge in [0, 0.05) is 10.8 Å². The molecule has 3 heterocycles. The molecule has 0 spiro atoms. The van der Waals surface area contributed by atoms with Crippen molar-refractivity contribution < 1.29 is 0 Å². The monoisotopic (exact) mass is 332 g/mol. The van der Waals surface area contributed by atoms with Crippen LogP contribution in [0.3, 0.4) is 0 Å². The van der Waals surface area contributed by atoms with Gasteiger partial charge in [0.1, 0.15) is 11.2 Å². The van der Waals surface area contributed by atoms with E-state index in [0.29, 0.717) is 11.8 Å². The molecule has 0 radical (unpaired) electrons. The van der Waals surface area contributed by atoms with Crippen molar-refractivity contribution in [1.82, 2.24) is 19.6 Å². The molecule has 1 saturated carbocycles. The number of hydrogen-bond acceptors (Lipinski definition) is 4. The number of benzene rings is 1. The van der Waals surface area contributed by atoms with E-state index in [1.807, 2.05) is 22.2 Å². The van der Waals surface area contributed by atoms with E-state index in [-0.39, 0.29) is 0 Å². The molecule has 2 aliphatic rings. The van der Waals surface area contributed by atoms with E-state index in [1.54, 1.807) is 0 Å². The van der Waals surface area contributed by atoms with Gasteiger partial charge in [-0.1, -0.05) is 30.3 Å². The average molecular weight is 332 g/mol. The Balaban J connectivity index is 1.47. The maximum absolute atomic E-state index is 4.95. The van der Waals surface area contributed by atoms with Gasteiger partial charge in [0.15, 0.2) is 11.5 Å². The van der Waals surface area contributed by atoms with Gasteiger partial charge in [0.05, 0.1) is 5.39 Å². The van der Waals surface area contributed by atoms with Crippen molar-refractivity contribution in [1.29, 1.82) is 0 Å². The molecule has 2 aliphatic carbocycles. The van der Waals surface area contributed by atoms with Gasteiger partial charge in [0.2, 0.25) is 0 Å². The molecule has 6 rings (SSSR count). The molecule has 0 unspecified atom stereocenters. The lowest BCUT2D eigenvalue weighted by atomic mass is 10.1. The third kappa shape index (κ3) is 1.76. The Morgan fingerprint density at radius 2 is 2.00 bits per heavy atom. The summed E-state index contributed by atoms with van der Waals surface area (Å²) >= 11 is 1.84. The molecule has 2 atom stereocenters. The van der Waals surface area contributed by atoms with Crippen LogP contribution in [0.25, 0.3) is 15.9 Å². The van der Waals surface area contributed by atoms with Crippen molar-refractivity contribution in [3.05, 3.63) is 58.5 Å². The van der Waals surface area contributed by atoms with Gasteiger partial charge in [0.25, 0.3) is 0 Å². The summed E-state index contributed by atoms with van der Waals surface area (Å²) in [4.78, 5) is 12.2. The Bertz CT molecular complexity index is 1080. The van der Waals surface area contributed by atoms with Crippen molar-refractivity contribution in [2.24, 2.45) is 0 Å². The van der Waals surface area contributed by atoms with Crippen molar-refractivity contribution >= 4 is 27.2 Å². The van der Waals surface area contributed by atoms with Crippen molar-refractivity contribution in [2.75, 3.05) is 0 Å². The Labute approximate surface area is 143 Å². The second kappa shape index (κ2) is 4.63. The molecule has 24 heavy (non-hydrogen) atoms. The minimum atomic E-state index is 0.453. The number of rotatable bonds is 2. The topological polar surface area (TPSA) is 43.1 Å². The molecule has 0 aliphatic heterocycles. The van der Waals surface area contributed by atoms with Gasteiger partial charge in [-0.15, -0.1) is 16.4 Å². The van der Waals surface area contributed by atoms with Crippen LogP contribution in [-0.2, 0) is 12.8 Å². The third-order valence-corrected chi connectivity index (χ3v) is 6.61. The third-order valence-electron chi connectivity index (χ3n) is 5.41. The molecule has 1 fully saturated rings. The summed E-state index contributed by atoms with van der Waals surface area (Å²) in [5.74, 6) is 2.00. The lowest BCUT2D eigenvalue weighted by Gasteiger charge is -1.96. The van der Waals surface area contributed by atoms with E-state index in [0.717, 1.165) is 29.1 Å². The molecular formula is C19H16N4S. The Hall–Kier alpha value is -2.27. The normalized spacial score (nSPS) is 22.3. The van der Waals surface area contributed by atoms with E-state index in [1.165, 1.54) is 34.2 Å². The fraction of sp³-hybridized carbons (Fsp3) is 0.316. The first-order valence-corrected chi connectivity index (χ1v) is 9.40. The Morgan fingerprint density at radius 3 is 2.92 bits per heavy atom. The molecule has 0 saturated heterocycles. The van der Waals surface area contributed by atoms with Gasteiger partial charge in [-0.05, 0) is 42.7 Å². The van der Waals surface area contributed by atoms with Crippen LogP contribution in [0.4, 0.5) is 0 Å². The summed E-state index contributed by atoms with van der Waals surface area (Å²) in [6, 6.07) is 10.7. The highest BCUT2D eigenvalue weighted by Gasteiger charge is 2.42. The van der Waals surface area contributed by atoms with Gasteiger partial charge in [-0.2, -0.15) is 0 Å². The summed E-state index contributed by atoms with van der Waals surface area (Å²) in [6.07, 6.45) is 6.61. The van der Waals surface area contributed by atoms with Crippen LogP contribution in [-0.4, -0.2) is 19.6 Å². The summed E-state index contributed by atoms with van der Waals surface area (Å²) in [5, 5.41) is 6.01. The molecule has 5 heteroatoms. The lowest BCUT2D eigenvalue weighted by molar-refractivity contribution is 0.850. The highest BCUT2D eigenvalue weighted by Crippen LogP contribution is 2.53. The van der Waals surface area contributed by atoms with E-state index in [2.05, 4.69) is 35.3 Å². The van der Waals surface area contributed by atoms with Crippen LogP contribution in [0.15, 0.2) is 36.7 Å². The van der Waals surface area contributed by atoms with Crippen LogP contribution in [0.1, 0.15) is 46.5 Å².